The van der Waals surface area contributed by atoms with Crippen LogP contribution in [0.25, 0.3) is 0 Å². The summed E-state index contributed by atoms with van der Waals surface area (Å²) in [5.41, 5.74) is 6.41. The second-order valence-corrected chi connectivity index (χ2v) is 5.00. The van der Waals surface area contributed by atoms with Gasteiger partial charge in [-0.25, -0.2) is 0 Å². The third kappa shape index (κ3) is 3.09. The zero-order chi connectivity index (χ0) is 14.0. The van der Waals surface area contributed by atoms with E-state index in [1.54, 1.807) is 12.1 Å². The summed E-state index contributed by atoms with van der Waals surface area (Å²) in [6, 6.07) is 5.42. The molecule has 0 aliphatic carbocycles. The molecule has 2 nitrogen and oxygen atoms in total. The number of piperidine rings is 1. The Labute approximate surface area is 111 Å². The van der Waals surface area contributed by atoms with E-state index in [0.29, 0.717) is 0 Å². The molecular weight excluding hydrogens is 253 g/mol. The Hall–Kier alpha value is -1.07. The lowest BCUT2D eigenvalue weighted by Gasteiger charge is -2.39. The van der Waals surface area contributed by atoms with E-state index in [0.717, 1.165) is 43.6 Å². The minimum atomic E-state index is -4.28. The van der Waals surface area contributed by atoms with Crippen molar-refractivity contribution in [3.05, 3.63) is 35.4 Å². The van der Waals surface area contributed by atoms with E-state index in [1.165, 1.54) is 0 Å². The van der Waals surface area contributed by atoms with Crippen LogP contribution in [0, 0.1) is 0 Å². The monoisotopic (exact) mass is 272 g/mol. The average Bonchev–Trinajstić information content (AvgIpc) is 2.37. The minimum absolute atomic E-state index is 0.00885. The fourth-order valence-corrected chi connectivity index (χ4v) is 2.78. The number of rotatable bonds is 2. The van der Waals surface area contributed by atoms with Crippen molar-refractivity contribution in [1.29, 1.82) is 0 Å². The summed E-state index contributed by atoms with van der Waals surface area (Å²) >= 11 is 0. The van der Waals surface area contributed by atoms with Crippen molar-refractivity contribution < 1.29 is 13.2 Å². The van der Waals surface area contributed by atoms with Gasteiger partial charge in [0, 0.05) is 12.1 Å². The Morgan fingerprint density at radius 2 is 1.89 bits per heavy atom. The topological polar surface area (TPSA) is 29.3 Å². The Balaban J connectivity index is 2.24. The lowest BCUT2D eigenvalue weighted by Crippen LogP contribution is -2.45. The highest BCUT2D eigenvalue weighted by Gasteiger charge is 2.32. The fourth-order valence-electron chi connectivity index (χ4n) is 2.78. The first-order chi connectivity index (χ1) is 8.93. The van der Waals surface area contributed by atoms with Gasteiger partial charge in [0.05, 0.1) is 5.56 Å². The lowest BCUT2D eigenvalue weighted by atomic mass is 9.90. The van der Waals surface area contributed by atoms with E-state index >= 15 is 0 Å². The van der Waals surface area contributed by atoms with Crippen molar-refractivity contribution in [2.75, 3.05) is 13.1 Å². The molecule has 0 radical (unpaired) electrons. The van der Waals surface area contributed by atoms with Crippen molar-refractivity contribution in [3.8, 4) is 0 Å². The van der Waals surface area contributed by atoms with Crippen molar-refractivity contribution in [3.63, 3.8) is 0 Å². The molecule has 1 fully saturated rings. The molecule has 5 heteroatoms. The van der Waals surface area contributed by atoms with E-state index in [-0.39, 0.29) is 12.1 Å². The van der Waals surface area contributed by atoms with E-state index in [1.807, 2.05) is 0 Å². The van der Waals surface area contributed by atoms with Gasteiger partial charge < -0.3 is 5.73 Å². The predicted molar refractivity (Wildman–Crippen MR) is 68.6 cm³/mol. The Kier molecular flexibility index (Phi) is 4.16. The number of benzene rings is 1. The van der Waals surface area contributed by atoms with Crippen LogP contribution >= 0.6 is 0 Å². The standard InChI is InChI=1S/C14H19F3N2/c1-2-19-9-3-4-12(18)13(19)10-5-7-11(8-6-10)14(15,16)17/h5-8,12-13H,2-4,9,18H2,1H3. The molecular formula is C14H19F3N2. The molecule has 19 heavy (non-hydrogen) atoms. The third-order valence-electron chi connectivity index (χ3n) is 3.77. The second kappa shape index (κ2) is 5.51. The highest BCUT2D eigenvalue weighted by atomic mass is 19.4. The molecule has 0 saturated carbocycles. The highest BCUT2D eigenvalue weighted by Crippen LogP contribution is 2.33. The van der Waals surface area contributed by atoms with Crippen molar-refractivity contribution in [2.24, 2.45) is 5.73 Å². The van der Waals surface area contributed by atoms with Crippen molar-refractivity contribution in [1.82, 2.24) is 4.90 Å². The number of nitrogens with zero attached hydrogens (tertiary/aromatic N) is 1. The SMILES string of the molecule is CCN1CCCC(N)C1c1ccc(C(F)(F)F)cc1. The first-order valence-corrected chi connectivity index (χ1v) is 6.60. The van der Waals surface area contributed by atoms with Crippen LogP contribution in [-0.2, 0) is 6.18 Å². The van der Waals surface area contributed by atoms with Crippen LogP contribution in [0.4, 0.5) is 13.2 Å². The van der Waals surface area contributed by atoms with E-state index in [9.17, 15) is 13.2 Å². The predicted octanol–water partition coefficient (Wildman–Crippen LogP) is 3.19. The van der Waals surface area contributed by atoms with Gasteiger partial charge in [0.1, 0.15) is 0 Å². The van der Waals surface area contributed by atoms with Crippen LogP contribution in [0.15, 0.2) is 24.3 Å². The second-order valence-electron chi connectivity index (χ2n) is 5.00. The molecule has 2 unspecified atom stereocenters. The Morgan fingerprint density at radius 3 is 2.42 bits per heavy atom. The molecule has 1 aromatic carbocycles. The molecule has 0 amide bonds. The van der Waals surface area contributed by atoms with Crippen LogP contribution < -0.4 is 5.73 Å². The summed E-state index contributed by atoms with van der Waals surface area (Å²) in [5, 5.41) is 0. The van der Waals surface area contributed by atoms with Gasteiger partial charge in [-0.2, -0.15) is 13.2 Å². The number of nitrogens with two attached hydrogens (primary N) is 1. The Bertz CT molecular complexity index is 414. The molecule has 1 aromatic rings. The number of halogens is 3. The first-order valence-electron chi connectivity index (χ1n) is 6.60. The summed E-state index contributed by atoms with van der Waals surface area (Å²) in [5.74, 6) is 0. The summed E-state index contributed by atoms with van der Waals surface area (Å²) in [7, 11) is 0. The van der Waals surface area contributed by atoms with Gasteiger partial charge in [-0.3, -0.25) is 4.90 Å². The number of alkyl halides is 3. The molecule has 1 aliphatic rings. The van der Waals surface area contributed by atoms with Crippen molar-refractivity contribution in [2.45, 2.75) is 38.0 Å². The Morgan fingerprint density at radius 1 is 1.26 bits per heavy atom. The van der Waals surface area contributed by atoms with E-state index < -0.39 is 11.7 Å². The van der Waals surface area contributed by atoms with Crippen molar-refractivity contribution >= 4 is 0 Å². The number of likely N-dealkylation sites (tertiary alicyclic amines) is 1. The van der Waals surface area contributed by atoms with Crippen LogP contribution in [0.1, 0.15) is 36.9 Å². The summed E-state index contributed by atoms with van der Waals surface area (Å²) in [6.45, 7) is 3.87. The number of hydrogen-bond acceptors (Lipinski definition) is 2. The van der Waals surface area contributed by atoms with Crippen LogP contribution in [0.2, 0.25) is 0 Å². The minimum Gasteiger partial charge on any atom is -0.326 e. The normalized spacial score (nSPS) is 25.5. The largest absolute Gasteiger partial charge is 0.416 e. The van der Waals surface area contributed by atoms with Crippen LogP contribution in [0.5, 0.6) is 0 Å². The molecule has 1 aliphatic heterocycles. The quantitative estimate of drug-likeness (QED) is 0.896. The maximum absolute atomic E-state index is 12.5. The summed E-state index contributed by atoms with van der Waals surface area (Å²) in [6.07, 6.45) is -2.31. The van der Waals surface area contributed by atoms with Crippen LogP contribution in [0.3, 0.4) is 0 Å². The summed E-state index contributed by atoms with van der Waals surface area (Å²) in [4.78, 5) is 2.23. The highest BCUT2D eigenvalue weighted by molar-refractivity contribution is 5.28. The third-order valence-corrected chi connectivity index (χ3v) is 3.77. The zero-order valence-electron chi connectivity index (χ0n) is 11.0. The van der Waals surface area contributed by atoms with Gasteiger partial charge in [-0.1, -0.05) is 19.1 Å². The van der Waals surface area contributed by atoms with E-state index in [4.69, 9.17) is 5.73 Å². The maximum Gasteiger partial charge on any atom is 0.416 e. The average molecular weight is 272 g/mol. The van der Waals surface area contributed by atoms with Gasteiger partial charge in [-0.05, 0) is 43.6 Å². The summed E-state index contributed by atoms with van der Waals surface area (Å²) < 4.78 is 37.6. The molecule has 1 heterocycles. The van der Waals surface area contributed by atoms with Gasteiger partial charge in [0.2, 0.25) is 0 Å². The molecule has 0 spiro atoms. The smallest absolute Gasteiger partial charge is 0.326 e. The molecule has 2 atom stereocenters. The molecule has 0 bridgehead atoms. The van der Waals surface area contributed by atoms with E-state index in [2.05, 4.69) is 11.8 Å². The maximum atomic E-state index is 12.5. The van der Waals surface area contributed by atoms with Gasteiger partial charge in [-0.15, -0.1) is 0 Å². The molecule has 1 saturated heterocycles. The number of hydrogen-bond donors (Lipinski definition) is 1. The molecule has 0 aromatic heterocycles. The molecule has 2 N–H and O–H groups in total. The van der Waals surface area contributed by atoms with Gasteiger partial charge >= 0.3 is 6.18 Å². The zero-order valence-corrected chi connectivity index (χ0v) is 11.0. The molecule has 2 rings (SSSR count). The fraction of sp³-hybridized carbons (Fsp3) is 0.571. The number of likely N-dealkylation sites (N-methyl/N-ethyl adjacent to an activating group) is 1. The van der Waals surface area contributed by atoms with Crippen LogP contribution in [-0.4, -0.2) is 24.0 Å². The van der Waals surface area contributed by atoms with Gasteiger partial charge in [0.25, 0.3) is 0 Å². The first kappa shape index (κ1) is 14.3. The van der Waals surface area contributed by atoms with Gasteiger partial charge in [0.15, 0.2) is 0 Å². The molecule has 106 valence electrons. The lowest BCUT2D eigenvalue weighted by molar-refractivity contribution is -0.137.